The van der Waals surface area contributed by atoms with Gasteiger partial charge in [0.05, 0.1) is 23.1 Å². The first-order valence-electron chi connectivity index (χ1n) is 10.8. The summed E-state index contributed by atoms with van der Waals surface area (Å²) in [4.78, 5) is 18.3. The van der Waals surface area contributed by atoms with Crippen molar-refractivity contribution in [3.05, 3.63) is 72.1 Å². The Morgan fingerprint density at radius 3 is 2.88 bits per heavy atom. The molecule has 6 heterocycles. The second kappa shape index (κ2) is 8.23. The third-order valence-corrected chi connectivity index (χ3v) is 6.59. The maximum Gasteiger partial charge on any atom is 0.138 e. The number of hydrogen-bond acceptors (Lipinski definition) is 6. The fraction of sp³-hybridized carbons (Fsp3) is 0.120. The zero-order valence-electron chi connectivity index (χ0n) is 18.0. The van der Waals surface area contributed by atoms with E-state index in [1.807, 2.05) is 24.8 Å². The number of pyridine rings is 3. The molecule has 6 aromatic heterocycles. The normalized spacial score (nSPS) is 11.5. The lowest BCUT2D eigenvalue weighted by Crippen LogP contribution is -2.11. The summed E-state index contributed by atoms with van der Waals surface area (Å²) >= 11 is 1.72. The molecule has 6 aromatic rings. The summed E-state index contributed by atoms with van der Waals surface area (Å²) in [7, 11) is 0. The fourth-order valence-corrected chi connectivity index (χ4v) is 4.84. The van der Waals surface area contributed by atoms with Gasteiger partial charge in [-0.25, -0.2) is 4.98 Å². The molecule has 0 aliphatic carbocycles. The molecule has 0 spiro atoms. The van der Waals surface area contributed by atoms with Gasteiger partial charge in [0.1, 0.15) is 11.3 Å². The van der Waals surface area contributed by atoms with Crippen LogP contribution in [0.2, 0.25) is 0 Å². The predicted octanol–water partition coefficient (Wildman–Crippen LogP) is 5.40. The van der Waals surface area contributed by atoms with Crippen molar-refractivity contribution in [1.29, 1.82) is 0 Å². The number of rotatable bonds is 6. The van der Waals surface area contributed by atoms with E-state index in [9.17, 15) is 0 Å². The van der Waals surface area contributed by atoms with Crippen LogP contribution in [-0.2, 0) is 6.54 Å². The molecule has 0 unspecified atom stereocenters. The van der Waals surface area contributed by atoms with E-state index in [-0.39, 0.29) is 0 Å². The average Bonchev–Trinajstić information content (AvgIpc) is 3.61. The Morgan fingerprint density at radius 1 is 1.03 bits per heavy atom. The van der Waals surface area contributed by atoms with Gasteiger partial charge in [-0.2, -0.15) is 5.10 Å². The van der Waals surface area contributed by atoms with E-state index in [1.54, 1.807) is 11.3 Å². The quantitative estimate of drug-likeness (QED) is 0.315. The van der Waals surface area contributed by atoms with E-state index in [0.717, 1.165) is 63.2 Å². The zero-order valence-corrected chi connectivity index (χ0v) is 18.8. The molecule has 0 bridgehead atoms. The van der Waals surface area contributed by atoms with Gasteiger partial charge in [0, 0.05) is 51.9 Å². The highest BCUT2D eigenvalue weighted by Crippen LogP contribution is 2.35. The van der Waals surface area contributed by atoms with Gasteiger partial charge in [0.2, 0.25) is 0 Å². The smallest absolute Gasteiger partial charge is 0.138 e. The molecule has 162 valence electrons. The van der Waals surface area contributed by atoms with Crippen LogP contribution in [0.25, 0.3) is 55.0 Å². The minimum absolute atomic E-state index is 0.783. The molecule has 0 aromatic carbocycles. The molecule has 8 heteroatoms. The lowest BCUT2D eigenvalue weighted by Gasteiger charge is -2.05. The predicted molar refractivity (Wildman–Crippen MR) is 133 cm³/mol. The number of thiophene rings is 1. The number of H-pyrrole nitrogens is 2. The Balaban J connectivity index is 1.44. The van der Waals surface area contributed by atoms with Crippen LogP contribution in [0, 0.1) is 0 Å². The molecule has 0 atom stereocenters. The van der Waals surface area contributed by atoms with Gasteiger partial charge < -0.3 is 10.3 Å². The molecule has 3 N–H and O–H groups in total. The van der Waals surface area contributed by atoms with Gasteiger partial charge in [0.25, 0.3) is 0 Å². The third-order valence-electron chi connectivity index (χ3n) is 5.69. The van der Waals surface area contributed by atoms with Crippen molar-refractivity contribution in [2.75, 3.05) is 6.54 Å². The van der Waals surface area contributed by atoms with Gasteiger partial charge in [-0.05, 0) is 47.8 Å². The summed E-state index contributed by atoms with van der Waals surface area (Å²) in [6, 6.07) is 12.6. The molecule has 6 rings (SSSR count). The number of aromatic amines is 2. The molecule has 0 saturated heterocycles. The van der Waals surface area contributed by atoms with Crippen molar-refractivity contribution in [3.8, 4) is 33.1 Å². The summed E-state index contributed by atoms with van der Waals surface area (Å²) in [5.41, 5.74) is 7.65. The Labute approximate surface area is 194 Å². The Morgan fingerprint density at radius 2 is 2.00 bits per heavy atom. The summed E-state index contributed by atoms with van der Waals surface area (Å²) in [6.45, 7) is 3.79. The van der Waals surface area contributed by atoms with Crippen LogP contribution in [-0.4, -0.2) is 36.7 Å². The van der Waals surface area contributed by atoms with Crippen molar-refractivity contribution in [2.24, 2.45) is 0 Å². The lowest BCUT2D eigenvalue weighted by molar-refractivity contribution is 0.724. The summed E-state index contributed by atoms with van der Waals surface area (Å²) in [6.07, 6.45) is 7.41. The average molecular weight is 452 g/mol. The van der Waals surface area contributed by atoms with E-state index in [2.05, 4.69) is 84.2 Å². The molecule has 33 heavy (non-hydrogen) atoms. The van der Waals surface area contributed by atoms with Gasteiger partial charge in [-0.15, -0.1) is 11.3 Å². The molecule has 0 aliphatic rings. The van der Waals surface area contributed by atoms with Crippen molar-refractivity contribution >= 4 is 33.3 Å². The largest absolute Gasteiger partial charge is 0.338 e. The fourth-order valence-electron chi connectivity index (χ4n) is 4.07. The highest BCUT2D eigenvalue weighted by Gasteiger charge is 2.15. The van der Waals surface area contributed by atoms with Crippen LogP contribution in [0.15, 0.2) is 66.6 Å². The van der Waals surface area contributed by atoms with E-state index >= 15 is 0 Å². The van der Waals surface area contributed by atoms with Crippen molar-refractivity contribution in [3.63, 3.8) is 0 Å². The number of fused-ring (bicyclic) bond motifs is 2. The second-order valence-corrected chi connectivity index (χ2v) is 8.78. The van der Waals surface area contributed by atoms with Crippen LogP contribution < -0.4 is 5.32 Å². The standard InChI is InChI=1S/C25H21N7S/c1-2-26-11-15-8-16(13-27-12-15)20-10-19-22(14-29-20)31-32-24(19)21-9-18-17(23-4-3-7-33-23)5-6-28-25(18)30-21/h3-10,12-14,26H,2,11H2,1H3,(H,28,30)(H,31,32). The number of hydrogen-bond donors (Lipinski definition) is 3. The van der Waals surface area contributed by atoms with Crippen LogP contribution in [0.4, 0.5) is 0 Å². The Bertz CT molecular complexity index is 1560. The van der Waals surface area contributed by atoms with Crippen LogP contribution in [0.5, 0.6) is 0 Å². The SMILES string of the molecule is CCNCc1cncc(-c2cc3c(-c4cc5c(-c6cccs6)ccnc5[nH]4)n[nH]c3cn2)c1. The van der Waals surface area contributed by atoms with Gasteiger partial charge >= 0.3 is 0 Å². The monoisotopic (exact) mass is 451 g/mol. The minimum atomic E-state index is 0.783. The minimum Gasteiger partial charge on any atom is -0.338 e. The molecule has 0 radical (unpaired) electrons. The molecule has 7 nitrogen and oxygen atoms in total. The summed E-state index contributed by atoms with van der Waals surface area (Å²) in [5.74, 6) is 0. The first-order chi connectivity index (χ1) is 16.3. The molecule has 0 saturated carbocycles. The third kappa shape index (κ3) is 3.59. The van der Waals surface area contributed by atoms with Crippen LogP contribution >= 0.6 is 11.3 Å². The first kappa shape index (κ1) is 19.8. The van der Waals surface area contributed by atoms with E-state index in [4.69, 9.17) is 0 Å². The highest BCUT2D eigenvalue weighted by atomic mass is 32.1. The van der Waals surface area contributed by atoms with Crippen molar-refractivity contribution in [1.82, 2.24) is 35.5 Å². The van der Waals surface area contributed by atoms with Crippen LogP contribution in [0.1, 0.15) is 12.5 Å². The van der Waals surface area contributed by atoms with E-state index in [1.165, 1.54) is 10.4 Å². The molecule has 0 fully saturated rings. The van der Waals surface area contributed by atoms with E-state index < -0.39 is 0 Å². The summed E-state index contributed by atoms with van der Waals surface area (Å²) in [5, 5.41) is 15.2. The number of nitrogens with one attached hydrogen (secondary N) is 3. The number of nitrogens with zero attached hydrogens (tertiary/aromatic N) is 4. The maximum atomic E-state index is 4.64. The van der Waals surface area contributed by atoms with Crippen molar-refractivity contribution < 1.29 is 0 Å². The van der Waals surface area contributed by atoms with Gasteiger partial charge in [-0.1, -0.05) is 13.0 Å². The first-order valence-corrected chi connectivity index (χ1v) is 11.7. The Hall–Kier alpha value is -3.88. The van der Waals surface area contributed by atoms with Crippen molar-refractivity contribution in [2.45, 2.75) is 13.5 Å². The van der Waals surface area contributed by atoms with Gasteiger partial charge in [0.15, 0.2) is 0 Å². The maximum absolute atomic E-state index is 4.64. The Kier molecular flexibility index (Phi) is 4.93. The topological polar surface area (TPSA) is 95.2 Å². The lowest BCUT2D eigenvalue weighted by atomic mass is 10.1. The summed E-state index contributed by atoms with van der Waals surface area (Å²) < 4.78 is 0. The number of aromatic nitrogens is 6. The van der Waals surface area contributed by atoms with Gasteiger partial charge in [-0.3, -0.25) is 15.1 Å². The molecule has 0 amide bonds. The zero-order chi connectivity index (χ0) is 22.2. The highest BCUT2D eigenvalue weighted by molar-refractivity contribution is 7.13. The molecular formula is C25H21N7S. The van der Waals surface area contributed by atoms with Crippen LogP contribution in [0.3, 0.4) is 0 Å². The molecule has 0 aliphatic heterocycles. The molecular weight excluding hydrogens is 430 g/mol. The van der Waals surface area contributed by atoms with E-state index in [0.29, 0.717) is 0 Å². The second-order valence-electron chi connectivity index (χ2n) is 7.83.